The summed E-state index contributed by atoms with van der Waals surface area (Å²) in [6.45, 7) is 6.47. The highest BCUT2D eigenvalue weighted by Crippen LogP contribution is 2.40. The maximum Gasteiger partial charge on any atom is 0.453 e. The molecule has 188 valence electrons. The van der Waals surface area contributed by atoms with Crippen molar-refractivity contribution in [3.05, 3.63) is 98.9 Å². The molecule has 5 nitrogen and oxygen atoms in total. The molecular weight excluding hydrogens is 471 g/mol. The minimum absolute atomic E-state index is 0.0754. The van der Waals surface area contributed by atoms with Gasteiger partial charge in [0.15, 0.2) is 0 Å². The standard InChI is InChI=1S/C28H26F3NO4/c1-4-32(15-19-8-6-5-7-9-19)16-21-22(33)13-12-20-24(34)26(27(28(29,30)31)36-25(20)21)35-23-14-17(2)10-11-18(23)3/h5-14,33H,4,15-16H2,1-3H3. The van der Waals surface area contributed by atoms with E-state index in [1.54, 1.807) is 32.0 Å². The molecular formula is C28H26F3NO4. The van der Waals surface area contributed by atoms with E-state index in [4.69, 9.17) is 9.15 Å². The number of phenolic OH excluding ortho intramolecular Hbond substituents is 1. The van der Waals surface area contributed by atoms with Crippen molar-refractivity contribution >= 4 is 11.0 Å². The van der Waals surface area contributed by atoms with Crippen molar-refractivity contribution < 1.29 is 27.4 Å². The van der Waals surface area contributed by atoms with E-state index in [0.29, 0.717) is 18.7 Å². The fourth-order valence-corrected chi connectivity index (χ4v) is 3.99. The van der Waals surface area contributed by atoms with Crippen molar-refractivity contribution in [2.24, 2.45) is 0 Å². The van der Waals surface area contributed by atoms with Crippen LogP contribution in [0.3, 0.4) is 0 Å². The Kier molecular flexibility index (Phi) is 7.08. The Morgan fingerprint density at radius 3 is 2.39 bits per heavy atom. The van der Waals surface area contributed by atoms with Crippen LogP contribution in [-0.2, 0) is 19.3 Å². The molecule has 4 rings (SSSR count). The largest absolute Gasteiger partial charge is 0.507 e. The van der Waals surface area contributed by atoms with Crippen LogP contribution in [0.1, 0.15) is 34.9 Å². The van der Waals surface area contributed by atoms with Gasteiger partial charge in [-0.2, -0.15) is 13.2 Å². The number of alkyl halides is 3. The minimum Gasteiger partial charge on any atom is -0.507 e. The lowest BCUT2D eigenvalue weighted by Crippen LogP contribution is -2.23. The third-order valence-electron chi connectivity index (χ3n) is 5.99. The fraction of sp³-hybridized carbons (Fsp3) is 0.250. The van der Waals surface area contributed by atoms with Crippen LogP contribution in [-0.4, -0.2) is 16.6 Å². The molecule has 0 spiro atoms. The summed E-state index contributed by atoms with van der Waals surface area (Å²) in [6, 6.07) is 17.1. The Morgan fingerprint density at radius 2 is 1.72 bits per heavy atom. The molecule has 0 amide bonds. The molecule has 0 unspecified atom stereocenters. The monoisotopic (exact) mass is 497 g/mol. The first kappa shape index (κ1) is 25.3. The molecule has 36 heavy (non-hydrogen) atoms. The maximum absolute atomic E-state index is 14.1. The number of benzene rings is 3. The molecule has 0 aliphatic carbocycles. The van der Waals surface area contributed by atoms with E-state index >= 15 is 0 Å². The summed E-state index contributed by atoms with van der Waals surface area (Å²) in [7, 11) is 0. The van der Waals surface area contributed by atoms with Crippen molar-refractivity contribution in [3.63, 3.8) is 0 Å². The minimum atomic E-state index is -5.00. The second kappa shape index (κ2) is 10.1. The Balaban J connectivity index is 1.85. The smallest absolute Gasteiger partial charge is 0.453 e. The molecule has 0 fully saturated rings. The predicted octanol–water partition coefficient (Wildman–Crippen LogP) is 6.95. The Morgan fingerprint density at radius 1 is 1.00 bits per heavy atom. The molecule has 1 heterocycles. The number of halogens is 3. The van der Waals surface area contributed by atoms with Gasteiger partial charge in [-0.05, 0) is 55.3 Å². The Labute approximate surface area is 206 Å². The number of nitrogens with zero attached hydrogens (tertiary/aromatic N) is 1. The van der Waals surface area contributed by atoms with Gasteiger partial charge in [0.25, 0.3) is 5.76 Å². The van der Waals surface area contributed by atoms with Gasteiger partial charge in [0, 0.05) is 13.1 Å². The average Bonchev–Trinajstić information content (AvgIpc) is 2.83. The molecule has 0 saturated heterocycles. The van der Waals surface area contributed by atoms with Gasteiger partial charge in [-0.1, -0.05) is 49.4 Å². The van der Waals surface area contributed by atoms with Gasteiger partial charge in [-0.3, -0.25) is 9.69 Å². The van der Waals surface area contributed by atoms with Crippen LogP contribution >= 0.6 is 0 Å². The van der Waals surface area contributed by atoms with E-state index in [1.807, 2.05) is 42.2 Å². The Hall–Kier alpha value is -3.78. The van der Waals surface area contributed by atoms with E-state index in [-0.39, 0.29) is 34.6 Å². The molecule has 4 aromatic rings. The van der Waals surface area contributed by atoms with Crippen molar-refractivity contribution in [1.29, 1.82) is 0 Å². The zero-order valence-corrected chi connectivity index (χ0v) is 20.1. The van der Waals surface area contributed by atoms with Crippen LogP contribution < -0.4 is 10.2 Å². The highest BCUT2D eigenvalue weighted by molar-refractivity contribution is 5.83. The number of aromatic hydroxyl groups is 1. The number of hydrogen-bond acceptors (Lipinski definition) is 5. The van der Waals surface area contributed by atoms with Crippen molar-refractivity contribution in [2.75, 3.05) is 6.54 Å². The van der Waals surface area contributed by atoms with Crippen LogP contribution in [0.4, 0.5) is 13.2 Å². The number of fused-ring (bicyclic) bond motifs is 1. The van der Waals surface area contributed by atoms with Gasteiger partial charge in [0.1, 0.15) is 17.1 Å². The van der Waals surface area contributed by atoms with Gasteiger partial charge < -0.3 is 14.3 Å². The molecule has 0 saturated carbocycles. The summed E-state index contributed by atoms with van der Waals surface area (Å²) in [6.07, 6.45) is -5.00. The second-order valence-corrected chi connectivity index (χ2v) is 8.69. The van der Waals surface area contributed by atoms with Crippen molar-refractivity contribution in [3.8, 4) is 17.2 Å². The summed E-state index contributed by atoms with van der Waals surface area (Å²) in [4.78, 5) is 15.3. The van der Waals surface area contributed by atoms with Crippen LogP contribution in [0.25, 0.3) is 11.0 Å². The first-order valence-corrected chi connectivity index (χ1v) is 11.5. The number of phenols is 1. The van der Waals surface area contributed by atoms with E-state index < -0.39 is 23.1 Å². The zero-order valence-electron chi connectivity index (χ0n) is 20.1. The van der Waals surface area contributed by atoms with Crippen molar-refractivity contribution in [1.82, 2.24) is 4.90 Å². The molecule has 0 radical (unpaired) electrons. The number of rotatable bonds is 7. The summed E-state index contributed by atoms with van der Waals surface area (Å²) < 4.78 is 53.2. The normalized spacial score (nSPS) is 11.9. The third kappa shape index (κ3) is 5.23. The topological polar surface area (TPSA) is 62.9 Å². The first-order chi connectivity index (χ1) is 17.1. The molecule has 1 N–H and O–H groups in total. The number of ether oxygens (including phenoxy) is 1. The van der Waals surface area contributed by atoms with Crippen LogP contribution in [0, 0.1) is 13.8 Å². The van der Waals surface area contributed by atoms with E-state index in [2.05, 4.69) is 0 Å². The van der Waals surface area contributed by atoms with Crippen molar-refractivity contribution in [2.45, 2.75) is 40.0 Å². The van der Waals surface area contributed by atoms with Crippen LogP contribution in [0.2, 0.25) is 0 Å². The molecule has 0 atom stereocenters. The van der Waals surface area contributed by atoms with E-state index in [1.165, 1.54) is 12.1 Å². The molecule has 0 bridgehead atoms. The summed E-state index contributed by atoms with van der Waals surface area (Å²) in [5.74, 6) is -2.60. The zero-order chi connectivity index (χ0) is 26.0. The number of aryl methyl sites for hydroxylation is 2. The highest BCUT2D eigenvalue weighted by Gasteiger charge is 2.41. The van der Waals surface area contributed by atoms with Gasteiger partial charge in [-0.25, -0.2) is 0 Å². The molecule has 3 aromatic carbocycles. The summed E-state index contributed by atoms with van der Waals surface area (Å²) in [5.41, 5.74) is 1.16. The lowest BCUT2D eigenvalue weighted by molar-refractivity contribution is -0.154. The Bertz CT molecular complexity index is 1450. The maximum atomic E-state index is 14.1. The highest BCUT2D eigenvalue weighted by atomic mass is 19.4. The number of hydrogen-bond donors (Lipinski definition) is 1. The summed E-state index contributed by atoms with van der Waals surface area (Å²) >= 11 is 0. The molecule has 0 aliphatic rings. The average molecular weight is 498 g/mol. The molecule has 1 aromatic heterocycles. The van der Waals surface area contributed by atoms with Crippen LogP contribution in [0.5, 0.6) is 17.2 Å². The van der Waals surface area contributed by atoms with Gasteiger partial charge in [0.2, 0.25) is 11.2 Å². The predicted molar refractivity (Wildman–Crippen MR) is 131 cm³/mol. The molecule has 8 heteroatoms. The van der Waals surface area contributed by atoms with E-state index in [0.717, 1.165) is 11.1 Å². The SMILES string of the molecule is CCN(Cc1ccccc1)Cc1c(O)ccc2c(=O)c(Oc3cc(C)ccc3C)c(C(F)(F)F)oc12. The fourth-order valence-electron chi connectivity index (χ4n) is 3.99. The summed E-state index contributed by atoms with van der Waals surface area (Å²) in [5, 5.41) is 10.5. The lowest BCUT2D eigenvalue weighted by Gasteiger charge is -2.22. The van der Waals surface area contributed by atoms with E-state index in [9.17, 15) is 23.1 Å². The lowest BCUT2D eigenvalue weighted by atomic mass is 10.1. The quantitative estimate of drug-likeness (QED) is 0.299. The second-order valence-electron chi connectivity index (χ2n) is 8.69. The van der Waals surface area contributed by atoms with Gasteiger partial charge in [0.05, 0.1) is 10.9 Å². The van der Waals surface area contributed by atoms with Crippen LogP contribution in [0.15, 0.2) is 69.9 Å². The van der Waals surface area contributed by atoms with Gasteiger partial charge >= 0.3 is 6.18 Å². The van der Waals surface area contributed by atoms with Gasteiger partial charge in [-0.15, -0.1) is 0 Å². The first-order valence-electron chi connectivity index (χ1n) is 11.5. The molecule has 0 aliphatic heterocycles. The third-order valence-corrected chi connectivity index (χ3v) is 5.99.